The van der Waals surface area contributed by atoms with Crippen molar-refractivity contribution >= 4 is 5.96 Å². The van der Waals surface area contributed by atoms with Crippen LogP contribution >= 0.6 is 0 Å². The van der Waals surface area contributed by atoms with E-state index >= 15 is 0 Å². The number of hydrogen-bond donors (Lipinski definition) is 2. The molecule has 0 aliphatic carbocycles. The number of ether oxygens (including phenoxy) is 1. The van der Waals surface area contributed by atoms with Gasteiger partial charge in [0.15, 0.2) is 5.96 Å². The SMILES string of the molecule is COc1ccc(CN=C(NCCc2ccco2)NC2CCN(CC(F)(F)F)C2)cc1. The summed E-state index contributed by atoms with van der Waals surface area (Å²) in [6, 6.07) is 11.3. The highest BCUT2D eigenvalue weighted by atomic mass is 19.4. The fraction of sp³-hybridized carbons (Fsp3) is 0.476. The molecule has 2 heterocycles. The van der Waals surface area contributed by atoms with Gasteiger partial charge < -0.3 is 19.8 Å². The van der Waals surface area contributed by atoms with E-state index in [4.69, 9.17) is 9.15 Å². The summed E-state index contributed by atoms with van der Waals surface area (Å²) in [5.74, 6) is 2.21. The Morgan fingerprint density at radius 2 is 2.07 bits per heavy atom. The van der Waals surface area contributed by atoms with Crippen molar-refractivity contribution in [2.24, 2.45) is 4.99 Å². The van der Waals surface area contributed by atoms with E-state index in [1.54, 1.807) is 13.4 Å². The van der Waals surface area contributed by atoms with Crippen LogP contribution in [0.4, 0.5) is 13.2 Å². The fourth-order valence-corrected chi connectivity index (χ4v) is 3.35. The first-order valence-corrected chi connectivity index (χ1v) is 9.90. The third kappa shape index (κ3) is 7.29. The fourth-order valence-electron chi connectivity index (χ4n) is 3.35. The van der Waals surface area contributed by atoms with Gasteiger partial charge in [0.05, 0.1) is 26.5 Å². The van der Waals surface area contributed by atoms with Crippen LogP contribution in [0.5, 0.6) is 5.75 Å². The minimum Gasteiger partial charge on any atom is -0.497 e. The summed E-state index contributed by atoms with van der Waals surface area (Å²) in [4.78, 5) is 6.03. The van der Waals surface area contributed by atoms with Gasteiger partial charge in [0.2, 0.25) is 0 Å². The van der Waals surface area contributed by atoms with Gasteiger partial charge in [0, 0.05) is 32.1 Å². The highest BCUT2D eigenvalue weighted by molar-refractivity contribution is 5.80. The van der Waals surface area contributed by atoms with Gasteiger partial charge in [-0.1, -0.05) is 12.1 Å². The number of benzene rings is 1. The minimum atomic E-state index is -4.18. The Labute approximate surface area is 174 Å². The predicted molar refractivity (Wildman–Crippen MR) is 109 cm³/mol. The molecule has 1 unspecified atom stereocenters. The van der Waals surface area contributed by atoms with Gasteiger partial charge in [0.1, 0.15) is 11.5 Å². The van der Waals surface area contributed by atoms with Crippen LogP contribution in [0, 0.1) is 0 Å². The van der Waals surface area contributed by atoms with E-state index in [0.717, 1.165) is 17.1 Å². The zero-order valence-corrected chi connectivity index (χ0v) is 16.9. The summed E-state index contributed by atoms with van der Waals surface area (Å²) in [5.41, 5.74) is 1.01. The largest absolute Gasteiger partial charge is 0.497 e. The molecule has 0 amide bonds. The lowest BCUT2D eigenvalue weighted by molar-refractivity contribution is -0.143. The Hall–Kier alpha value is -2.68. The number of likely N-dealkylation sites (tertiary alicyclic amines) is 1. The minimum absolute atomic E-state index is 0.0851. The molecule has 1 fully saturated rings. The van der Waals surface area contributed by atoms with Crippen molar-refractivity contribution in [3.63, 3.8) is 0 Å². The first-order chi connectivity index (χ1) is 14.4. The molecule has 0 radical (unpaired) electrons. The number of methoxy groups -OCH3 is 1. The average Bonchev–Trinajstić information content (AvgIpc) is 3.37. The number of halogens is 3. The maximum Gasteiger partial charge on any atom is 0.401 e. The summed E-state index contributed by atoms with van der Waals surface area (Å²) in [7, 11) is 1.61. The molecule has 1 aliphatic rings. The van der Waals surface area contributed by atoms with E-state index in [9.17, 15) is 13.2 Å². The van der Waals surface area contributed by atoms with Crippen LogP contribution in [-0.2, 0) is 13.0 Å². The predicted octanol–water partition coefficient (Wildman–Crippen LogP) is 3.20. The van der Waals surface area contributed by atoms with E-state index in [-0.39, 0.29) is 6.04 Å². The van der Waals surface area contributed by atoms with Gasteiger partial charge in [-0.05, 0) is 36.2 Å². The summed E-state index contributed by atoms with van der Waals surface area (Å²) in [6.07, 6.45) is -1.24. The highest BCUT2D eigenvalue weighted by Crippen LogP contribution is 2.20. The van der Waals surface area contributed by atoms with Crippen molar-refractivity contribution in [3.8, 4) is 5.75 Å². The van der Waals surface area contributed by atoms with Gasteiger partial charge >= 0.3 is 6.18 Å². The van der Waals surface area contributed by atoms with Crippen LogP contribution < -0.4 is 15.4 Å². The molecule has 1 aromatic heterocycles. The lowest BCUT2D eigenvalue weighted by Crippen LogP contribution is -2.45. The summed E-state index contributed by atoms with van der Waals surface area (Å²) < 4.78 is 48.4. The second-order valence-corrected chi connectivity index (χ2v) is 7.25. The molecule has 0 spiro atoms. The topological polar surface area (TPSA) is 62.0 Å². The average molecular weight is 424 g/mol. The zero-order chi connectivity index (χ0) is 21.4. The van der Waals surface area contributed by atoms with Crippen molar-refractivity contribution in [1.29, 1.82) is 0 Å². The monoisotopic (exact) mass is 424 g/mol. The Balaban J connectivity index is 1.58. The molecular formula is C21H27F3N4O2. The summed E-state index contributed by atoms with van der Waals surface area (Å²) >= 11 is 0. The van der Waals surface area contributed by atoms with Gasteiger partial charge in [-0.2, -0.15) is 13.2 Å². The number of aliphatic imine (C=N–C) groups is 1. The lowest BCUT2D eigenvalue weighted by Gasteiger charge is -2.20. The van der Waals surface area contributed by atoms with Crippen molar-refractivity contribution in [2.75, 3.05) is 33.3 Å². The molecule has 1 saturated heterocycles. The van der Waals surface area contributed by atoms with E-state index in [2.05, 4.69) is 15.6 Å². The second kappa shape index (κ2) is 10.4. The number of alkyl halides is 3. The number of nitrogens with zero attached hydrogens (tertiary/aromatic N) is 2. The maximum absolute atomic E-state index is 12.6. The van der Waals surface area contributed by atoms with Gasteiger partial charge in [-0.3, -0.25) is 4.90 Å². The van der Waals surface area contributed by atoms with Crippen LogP contribution in [0.1, 0.15) is 17.7 Å². The standard InChI is InChI=1S/C21H27F3N4O2/c1-29-18-6-4-16(5-7-18)13-26-20(25-10-8-19-3-2-12-30-19)27-17-9-11-28(14-17)15-21(22,23)24/h2-7,12,17H,8-11,13-15H2,1H3,(H2,25,26,27). The molecule has 2 aromatic rings. The van der Waals surface area contributed by atoms with Gasteiger partial charge in [-0.15, -0.1) is 0 Å². The molecule has 0 bridgehead atoms. The van der Waals surface area contributed by atoms with Crippen molar-refractivity contribution in [2.45, 2.75) is 31.6 Å². The Morgan fingerprint density at radius 3 is 2.73 bits per heavy atom. The second-order valence-electron chi connectivity index (χ2n) is 7.25. The Bertz CT molecular complexity index is 792. The number of rotatable bonds is 8. The molecule has 6 nitrogen and oxygen atoms in total. The molecular weight excluding hydrogens is 397 g/mol. The maximum atomic E-state index is 12.6. The number of hydrogen-bond acceptors (Lipinski definition) is 4. The van der Waals surface area contributed by atoms with Gasteiger partial charge in [0.25, 0.3) is 0 Å². The number of furan rings is 1. The number of guanidine groups is 1. The van der Waals surface area contributed by atoms with Crippen LogP contribution in [0.3, 0.4) is 0 Å². The third-order valence-corrected chi connectivity index (χ3v) is 4.84. The Kier molecular flexibility index (Phi) is 7.62. The van der Waals surface area contributed by atoms with E-state index in [1.165, 1.54) is 4.90 Å². The lowest BCUT2D eigenvalue weighted by atomic mass is 10.2. The van der Waals surface area contributed by atoms with Crippen LogP contribution in [0.2, 0.25) is 0 Å². The van der Waals surface area contributed by atoms with Gasteiger partial charge in [-0.25, -0.2) is 4.99 Å². The first-order valence-electron chi connectivity index (χ1n) is 9.90. The van der Waals surface area contributed by atoms with E-state index in [1.807, 2.05) is 36.4 Å². The molecule has 1 aromatic carbocycles. The molecule has 3 rings (SSSR count). The van der Waals surface area contributed by atoms with E-state index < -0.39 is 12.7 Å². The summed E-state index contributed by atoms with van der Waals surface area (Å²) in [5, 5.41) is 6.53. The molecule has 9 heteroatoms. The Morgan fingerprint density at radius 1 is 1.27 bits per heavy atom. The number of nitrogens with one attached hydrogen (secondary N) is 2. The van der Waals surface area contributed by atoms with Crippen molar-refractivity contribution in [3.05, 3.63) is 54.0 Å². The normalized spacial score (nSPS) is 17.9. The van der Waals surface area contributed by atoms with Crippen molar-refractivity contribution < 1.29 is 22.3 Å². The van der Waals surface area contributed by atoms with Crippen molar-refractivity contribution in [1.82, 2.24) is 15.5 Å². The molecule has 2 N–H and O–H groups in total. The first kappa shape index (κ1) is 22.0. The molecule has 164 valence electrons. The van der Waals surface area contributed by atoms with Crippen LogP contribution in [0.25, 0.3) is 0 Å². The zero-order valence-electron chi connectivity index (χ0n) is 16.9. The quantitative estimate of drug-likeness (QED) is 0.503. The molecule has 1 aliphatic heterocycles. The summed E-state index contributed by atoms with van der Waals surface area (Å²) in [6.45, 7) is 0.908. The molecule has 30 heavy (non-hydrogen) atoms. The smallest absolute Gasteiger partial charge is 0.401 e. The van der Waals surface area contributed by atoms with Crippen LogP contribution in [-0.4, -0.2) is 56.4 Å². The van der Waals surface area contributed by atoms with Crippen LogP contribution in [0.15, 0.2) is 52.1 Å². The molecule has 0 saturated carbocycles. The third-order valence-electron chi connectivity index (χ3n) is 4.84. The highest BCUT2D eigenvalue weighted by Gasteiger charge is 2.34. The van der Waals surface area contributed by atoms with E-state index in [0.29, 0.717) is 45.0 Å². The molecule has 1 atom stereocenters.